The summed E-state index contributed by atoms with van der Waals surface area (Å²) in [6.07, 6.45) is 6.84. The lowest BCUT2D eigenvalue weighted by Gasteiger charge is -2.31. The van der Waals surface area contributed by atoms with E-state index in [0.29, 0.717) is 6.42 Å². The topological polar surface area (TPSA) is 43.4 Å². The van der Waals surface area contributed by atoms with Crippen molar-refractivity contribution in [2.75, 3.05) is 7.11 Å². The summed E-state index contributed by atoms with van der Waals surface area (Å²) in [6.45, 7) is 0. The van der Waals surface area contributed by atoms with Gasteiger partial charge in [-0.3, -0.25) is 0 Å². The minimum atomic E-state index is -4.59. The fourth-order valence-corrected chi connectivity index (χ4v) is 6.92. The highest BCUT2D eigenvalue weighted by molar-refractivity contribution is 9.14. The van der Waals surface area contributed by atoms with Crippen LogP contribution in [-0.2, 0) is 14.6 Å². The first-order valence-electron chi connectivity index (χ1n) is 9.37. The monoisotopic (exact) mass is 626 g/mol. The molecule has 9 heteroatoms. The van der Waals surface area contributed by atoms with Gasteiger partial charge < -0.3 is 4.74 Å². The van der Waals surface area contributed by atoms with Crippen LogP contribution in [-0.4, -0.2) is 25.8 Å². The molecular formula is C21H19Br3F2O3S. The zero-order valence-electron chi connectivity index (χ0n) is 16.0. The first-order chi connectivity index (χ1) is 14.0. The smallest absolute Gasteiger partial charge is 0.341 e. The molecule has 0 heterocycles. The summed E-state index contributed by atoms with van der Waals surface area (Å²) in [5, 5.41) is 0. The second-order valence-corrected chi connectivity index (χ2v) is 13.1. The number of sulfone groups is 1. The molecule has 30 heavy (non-hydrogen) atoms. The van der Waals surface area contributed by atoms with Crippen LogP contribution in [0.4, 0.5) is 8.78 Å². The third-order valence-electron chi connectivity index (χ3n) is 6.14. The van der Waals surface area contributed by atoms with E-state index in [0.717, 1.165) is 51.4 Å². The number of hydrogen-bond acceptors (Lipinski definition) is 3. The number of hydrogen-bond donors (Lipinski definition) is 0. The Hall–Kier alpha value is -0.350. The Morgan fingerprint density at radius 3 is 2.17 bits per heavy atom. The normalized spacial score (nSPS) is 26.0. The molecule has 1 aromatic carbocycles. The van der Waals surface area contributed by atoms with E-state index < -0.39 is 20.1 Å². The lowest BCUT2D eigenvalue weighted by Crippen LogP contribution is -2.26. The highest BCUT2D eigenvalue weighted by Gasteiger charge is 2.49. The van der Waals surface area contributed by atoms with Crippen LogP contribution >= 0.6 is 47.8 Å². The molecule has 1 saturated carbocycles. The van der Waals surface area contributed by atoms with E-state index in [1.54, 1.807) is 19.2 Å². The summed E-state index contributed by atoms with van der Waals surface area (Å²) in [7, 11) is -2.95. The van der Waals surface area contributed by atoms with Crippen molar-refractivity contribution in [2.24, 2.45) is 5.41 Å². The minimum absolute atomic E-state index is 0.267. The van der Waals surface area contributed by atoms with Gasteiger partial charge in [0.15, 0.2) is 4.51 Å². The standard InChI is InChI=1S/C21H19Br3F2O3S/c1-29-21(24)11-17(22)14(8-18(21)23)16-10-20(6-7-20)9-15(16)12-2-4-13(5-3-12)30(27,28)19(25)26/h2-5,8,19H,6-7,9-11H2,1H3. The Morgan fingerprint density at radius 1 is 1.03 bits per heavy atom. The highest BCUT2D eigenvalue weighted by Crippen LogP contribution is 2.63. The summed E-state index contributed by atoms with van der Waals surface area (Å²) >= 11 is 11.0. The maximum Gasteiger partial charge on any atom is 0.341 e. The lowest BCUT2D eigenvalue weighted by molar-refractivity contribution is 0.116. The summed E-state index contributed by atoms with van der Waals surface area (Å²) in [5.41, 5.74) is 4.60. The van der Waals surface area contributed by atoms with Crippen molar-refractivity contribution in [2.45, 2.75) is 47.3 Å². The summed E-state index contributed by atoms with van der Waals surface area (Å²) in [4.78, 5) is -0.354. The number of ether oxygens (including phenoxy) is 1. The SMILES string of the molecule is COC1(Br)CC(Br)=C(C2=C(c3ccc(S(=O)(=O)C(F)F)cc3)CC3(CC3)C2)C=C1Br. The van der Waals surface area contributed by atoms with E-state index in [-0.39, 0.29) is 10.3 Å². The molecule has 1 fully saturated rings. The third kappa shape index (κ3) is 3.93. The molecule has 0 aliphatic heterocycles. The van der Waals surface area contributed by atoms with Crippen LogP contribution in [0.1, 0.15) is 37.7 Å². The quantitative estimate of drug-likeness (QED) is 0.328. The number of halogens is 5. The molecule has 0 bridgehead atoms. The summed E-state index contributed by atoms with van der Waals surface area (Å²) in [6, 6.07) is 5.85. The molecule has 3 aliphatic rings. The van der Waals surface area contributed by atoms with E-state index in [9.17, 15) is 17.2 Å². The zero-order chi connectivity index (χ0) is 21.9. The van der Waals surface area contributed by atoms with Crippen molar-refractivity contribution in [3.05, 3.63) is 56.0 Å². The number of rotatable bonds is 5. The van der Waals surface area contributed by atoms with Gasteiger partial charge in [0.2, 0.25) is 9.84 Å². The molecule has 3 aliphatic carbocycles. The van der Waals surface area contributed by atoms with E-state index >= 15 is 0 Å². The lowest BCUT2D eigenvalue weighted by atomic mass is 9.92. The van der Waals surface area contributed by atoms with E-state index in [1.165, 1.54) is 17.7 Å². The first-order valence-corrected chi connectivity index (χ1v) is 13.3. The fourth-order valence-electron chi connectivity index (χ4n) is 4.15. The number of methoxy groups -OCH3 is 1. The molecule has 0 aromatic heterocycles. The number of alkyl halides is 3. The second kappa shape index (κ2) is 7.90. The third-order valence-corrected chi connectivity index (χ3v) is 10.7. The van der Waals surface area contributed by atoms with Crippen molar-refractivity contribution in [1.29, 1.82) is 0 Å². The first kappa shape index (κ1) is 22.8. The Morgan fingerprint density at radius 2 is 1.63 bits per heavy atom. The molecule has 0 saturated heterocycles. The molecule has 1 unspecified atom stereocenters. The van der Waals surface area contributed by atoms with E-state index in [1.807, 2.05) is 0 Å². The van der Waals surface area contributed by atoms with Gasteiger partial charge in [0.25, 0.3) is 0 Å². The maximum absolute atomic E-state index is 12.9. The van der Waals surface area contributed by atoms with Crippen LogP contribution < -0.4 is 0 Å². The Labute approximate surface area is 199 Å². The molecule has 1 aromatic rings. The van der Waals surface area contributed by atoms with Gasteiger partial charge in [-0.1, -0.05) is 44.0 Å². The molecule has 0 radical (unpaired) electrons. The molecule has 1 atom stereocenters. The zero-order valence-corrected chi connectivity index (χ0v) is 21.6. The number of benzene rings is 1. The molecule has 1 spiro atoms. The van der Waals surface area contributed by atoms with Gasteiger partial charge in [0.1, 0.15) is 0 Å². The average Bonchev–Trinajstić information content (AvgIpc) is 3.35. The van der Waals surface area contributed by atoms with Crippen LogP contribution in [0.3, 0.4) is 0 Å². The second-order valence-electron chi connectivity index (χ2n) is 8.06. The van der Waals surface area contributed by atoms with Crippen molar-refractivity contribution in [1.82, 2.24) is 0 Å². The summed E-state index contributed by atoms with van der Waals surface area (Å²) in [5.74, 6) is -3.42. The average molecular weight is 629 g/mol. The van der Waals surface area contributed by atoms with E-state index in [2.05, 4.69) is 53.9 Å². The van der Waals surface area contributed by atoms with Crippen LogP contribution in [0.5, 0.6) is 0 Å². The maximum atomic E-state index is 12.9. The van der Waals surface area contributed by atoms with Crippen molar-refractivity contribution in [3.8, 4) is 0 Å². The van der Waals surface area contributed by atoms with Gasteiger partial charge in [0, 0.05) is 22.5 Å². The van der Waals surface area contributed by atoms with Crippen LogP contribution in [0.25, 0.3) is 5.57 Å². The number of allylic oxidation sites excluding steroid dienone is 4. The Balaban J connectivity index is 1.76. The van der Waals surface area contributed by atoms with Gasteiger partial charge in [-0.2, -0.15) is 8.78 Å². The van der Waals surface area contributed by atoms with Gasteiger partial charge >= 0.3 is 5.76 Å². The summed E-state index contributed by atoms with van der Waals surface area (Å²) < 4.78 is 56.1. The highest BCUT2D eigenvalue weighted by atomic mass is 79.9. The predicted octanol–water partition coefficient (Wildman–Crippen LogP) is 7.08. The van der Waals surface area contributed by atoms with Crippen LogP contribution in [0.15, 0.2) is 55.3 Å². The minimum Gasteiger partial charge on any atom is -0.362 e. The van der Waals surface area contributed by atoms with E-state index in [4.69, 9.17) is 4.74 Å². The molecule has 3 nitrogen and oxygen atoms in total. The molecule has 0 amide bonds. The van der Waals surface area contributed by atoms with Gasteiger partial charge in [-0.25, -0.2) is 8.42 Å². The van der Waals surface area contributed by atoms with Crippen LogP contribution in [0.2, 0.25) is 0 Å². The van der Waals surface area contributed by atoms with Crippen LogP contribution in [0, 0.1) is 5.41 Å². The van der Waals surface area contributed by atoms with Gasteiger partial charge in [-0.15, -0.1) is 0 Å². The largest absolute Gasteiger partial charge is 0.362 e. The van der Waals surface area contributed by atoms with Crippen molar-refractivity contribution in [3.63, 3.8) is 0 Å². The fraction of sp³-hybridized carbons (Fsp3) is 0.429. The van der Waals surface area contributed by atoms with Crippen molar-refractivity contribution >= 4 is 63.2 Å². The molecule has 162 valence electrons. The predicted molar refractivity (Wildman–Crippen MR) is 124 cm³/mol. The Bertz CT molecular complexity index is 1090. The molecule has 4 rings (SSSR count). The Kier molecular flexibility index (Phi) is 6.01. The van der Waals surface area contributed by atoms with Gasteiger partial charge in [0.05, 0.1) is 4.90 Å². The van der Waals surface area contributed by atoms with Crippen molar-refractivity contribution < 1.29 is 21.9 Å². The molecule has 0 N–H and O–H groups in total. The van der Waals surface area contributed by atoms with Gasteiger partial charge in [-0.05, 0) is 87.5 Å². The molecular weight excluding hydrogens is 610 g/mol.